The van der Waals surface area contributed by atoms with Gasteiger partial charge in [0.15, 0.2) is 5.65 Å². The standard InChI is InChI=1S/C11H15N4O6P/c16-9-6(3-21-22(18,19)20)1-8(10(9)17)15-5-14-7-2-12-4-13-11(7)15/h2,4-6,8-10,16-17H,1,3H2,(H2,18,19,20)/t6-,8-,9-,10+/m1/s1. The number of aromatic nitrogens is 4. The maximum atomic E-state index is 10.8. The number of phosphoric acid groups is 1. The minimum absolute atomic E-state index is 0.276. The number of phosphoric ester groups is 1. The molecular formula is C11H15N4O6P. The molecule has 0 unspecified atom stereocenters. The molecule has 4 N–H and O–H groups in total. The van der Waals surface area contributed by atoms with Crippen molar-refractivity contribution < 1.29 is 29.1 Å². The number of fused-ring (bicyclic) bond motifs is 1. The van der Waals surface area contributed by atoms with E-state index in [-0.39, 0.29) is 13.0 Å². The molecule has 10 nitrogen and oxygen atoms in total. The van der Waals surface area contributed by atoms with Crippen LogP contribution in [0.15, 0.2) is 18.9 Å². The van der Waals surface area contributed by atoms with Crippen LogP contribution in [-0.2, 0) is 9.09 Å². The molecule has 4 atom stereocenters. The number of imidazole rings is 1. The normalized spacial score (nSPS) is 29.3. The first-order valence-electron chi connectivity index (χ1n) is 6.55. The van der Waals surface area contributed by atoms with Gasteiger partial charge in [-0.2, -0.15) is 0 Å². The smallest absolute Gasteiger partial charge is 0.390 e. The fourth-order valence-electron chi connectivity index (χ4n) is 2.76. The predicted molar refractivity (Wildman–Crippen MR) is 72.5 cm³/mol. The molecule has 0 saturated heterocycles. The van der Waals surface area contributed by atoms with Gasteiger partial charge in [0, 0.05) is 5.92 Å². The van der Waals surface area contributed by atoms with Gasteiger partial charge in [0.25, 0.3) is 0 Å². The van der Waals surface area contributed by atoms with E-state index in [9.17, 15) is 14.8 Å². The summed E-state index contributed by atoms with van der Waals surface area (Å²) in [4.78, 5) is 29.5. The summed E-state index contributed by atoms with van der Waals surface area (Å²) < 4.78 is 16.8. The van der Waals surface area contributed by atoms with Crippen LogP contribution in [0.4, 0.5) is 0 Å². The van der Waals surface area contributed by atoms with Crippen LogP contribution >= 0.6 is 7.82 Å². The molecule has 0 radical (unpaired) electrons. The lowest BCUT2D eigenvalue weighted by molar-refractivity contribution is -0.00374. The van der Waals surface area contributed by atoms with E-state index in [0.717, 1.165) is 0 Å². The lowest BCUT2D eigenvalue weighted by atomic mass is 10.1. The van der Waals surface area contributed by atoms with E-state index < -0.39 is 32.0 Å². The lowest BCUT2D eigenvalue weighted by Crippen LogP contribution is -2.30. The van der Waals surface area contributed by atoms with Crippen molar-refractivity contribution in [1.29, 1.82) is 0 Å². The molecule has 0 aromatic carbocycles. The molecule has 0 aliphatic heterocycles. The van der Waals surface area contributed by atoms with Crippen LogP contribution in [0.1, 0.15) is 12.5 Å². The van der Waals surface area contributed by atoms with Gasteiger partial charge >= 0.3 is 7.82 Å². The van der Waals surface area contributed by atoms with Crippen molar-refractivity contribution in [2.75, 3.05) is 6.61 Å². The summed E-state index contributed by atoms with van der Waals surface area (Å²) in [5, 5.41) is 20.2. The van der Waals surface area contributed by atoms with Gasteiger partial charge in [0.05, 0.1) is 31.3 Å². The summed E-state index contributed by atoms with van der Waals surface area (Å²) in [7, 11) is -4.62. The maximum Gasteiger partial charge on any atom is 0.469 e. The van der Waals surface area contributed by atoms with Gasteiger partial charge in [-0.15, -0.1) is 0 Å². The Balaban J connectivity index is 1.82. The Morgan fingerprint density at radius 3 is 2.82 bits per heavy atom. The summed E-state index contributed by atoms with van der Waals surface area (Å²) in [6, 6.07) is -0.514. The highest BCUT2D eigenvalue weighted by atomic mass is 31.2. The SMILES string of the molecule is O=P(O)(O)OC[C@H]1C[C@@H](n2cnc3cncnc32)[C@H](O)[C@@H]1O. The van der Waals surface area contributed by atoms with Crippen LogP contribution in [0.25, 0.3) is 11.2 Å². The van der Waals surface area contributed by atoms with Crippen LogP contribution in [0.3, 0.4) is 0 Å². The molecule has 1 saturated carbocycles. The maximum absolute atomic E-state index is 10.8. The Morgan fingerprint density at radius 1 is 1.32 bits per heavy atom. The second-order valence-corrected chi connectivity index (χ2v) is 6.45. The van der Waals surface area contributed by atoms with Gasteiger partial charge in [-0.05, 0) is 6.42 Å². The Morgan fingerprint density at radius 2 is 2.09 bits per heavy atom. The van der Waals surface area contributed by atoms with Gasteiger partial charge in [-0.3, -0.25) is 4.52 Å². The molecule has 2 aromatic rings. The minimum atomic E-state index is -4.62. The van der Waals surface area contributed by atoms with E-state index >= 15 is 0 Å². The highest BCUT2D eigenvalue weighted by Gasteiger charge is 2.43. The average molecular weight is 330 g/mol. The summed E-state index contributed by atoms with van der Waals surface area (Å²) in [6.07, 6.45) is 2.38. The van der Waals surface area contributed by atoms with Crippen molar-refractivity contribution >= 4 is 19.0 Å². The third kappa shape index (κ3) is 2.89. The van der Waals surface area contributed by atoms with Crippen LogP contribution in [0.5, 0.6) is 0 Å². The van der Waals surface area contributed by atoms with E-state index in [1.54, 1.807) is 4.57 Å². The van der Waals surface area contributed by atoms with Gasteiger partial charge < -0.3 is 24.6 Å². The third-order valence-corrected chi connectivity index (χ3v) is 4.31. The topological polar surface area (TPSA) is 151 Å². The molecule has 0 spiro atoms. The van der Waals surface area contributed by atoms with E-state index in [4.69, 9.17) is 9.79 Å². The van der Waals surface area contributed by atoms with Crippen molar-refractivity contribution in [2.45, 2.75) is 24.7 Å². The van der Waals surface area contributed by atoms with Crippen LogP contribution in [0.2, 0.25) is 0 Å². The number of aliphatic hydroxyl groups is 2. The molecule has 11 heteroatoms. The molecule has 1 aliphatic carbocycles. The highest BCUT2D eigenvalue weighted by Crippen LogP contribution is 2.41. The number of hydrogen-bond donors (Lipinski definition) is 4. The van der Waals surface area contributed by atoms with E-state index in [1.807, 2.05) is 0 Å². The number of nitrogens with zero attached hydrogens (tertiary/aromatic N) is 4. The quantitative estimate of drug-likeness (QED) is 0.529. The Hall–Kier alpha value is -1.42. The minimum Gasteiger partial charge on any atom is -0.390 e. The van der Waals surface area contributed by atoms with Crippen molar-refractivity contribution in [3.63, 3.8) is 0 Å². The lowest BCUT2D eigenvalue weighted by Gasteiger charge is -2.18. The zero-order valence-electron chi connectivity index (χ0n) is 11.3. The molecule has 2 aromatic heterocycles. The molecule has 0 bridgehead atoms. The number of aliphatic hydroxyl groups excluding tert-OH is 2. The first kappa shape index (κ1) is 15.5. The van der Waals surface area contributed by atoms with E-state index in [1.165, 1.54) is 18.9 Å². The second kappa shape index (κ2) is 5.65. The fourth-order valence-corrected chi connectivity index (χ4v) is 3.15. The van der Waals surface area contributed by atoms with Crippen molar-refractivity contribution in [2.24, 2.45) is 5.92 Å². The third-order valence-electron chi connectivity index (χ3n) is 3.82. The fraction of sp³-hybridized carbons (Fsp3) is 0.545. The molecular weight excluding hydrogens is 315 g/mol. The molecule has 0 amide bonds. The molecule has 1 fully saturated rings. The number of rotatable bonds is 4. The highest BCUT2D eigenvalue weighted by molar-refractivity contribution is 7.46. The summed E-state index contributed by atoms with van der Waals surface area (Å²) in [5.41, 5.74) is 1.07. The second-order valence-electron chi connectivity index (χ2n) is 5.21. The molecule has 22 heavy (non-hydrogen) atoms. The van der Waals surface area contributed by atoms with Crippen molar-refractivity contribution in [1.82, 2.24) is 19.5 Å². The monoisotopic (exact) mass is 330 g/mol. The molecule has 3 rings (SSSR count). The zero-order chi connectivity index (χ0) is 15.9. The predicted octanol–water partition coefficient (Wildman–Crippen LogP) is -0.782. The first-order valence-corrected chi connectivity index (χ1v) is 8.08. The summed E-state index contributed by atoms with van der Waals surface area (Å²) in [6.45, 7) is -0.347. The first-order chi connectivity index (χ1) is 10.4. The van der Waals surface area contributed by atoms with Crippen molar-refractivity contribution in [3.05, 3.63) is 18.9 Å². The van der Waals surface area contributed by atoms with Crippen LogP contribution in [-0.4, -0.2) is 58.3 Å². The average Bonchev–Trinajstić information content (AvgIpc) is 3.00. The Kier molecular flexibility index (Phi) is 3.98. The largest absolute Gasteiger partial charge is 0.469 e. The van der Waals surface area contributed by atoms with Crippen LogP contribution < -0.4 is 0 Å². The van der Waals surface area contributed by atoms with Gasteiger partial charge in [0.2, 0.25) is 0 Å². The molecule has 1 aliphatic rings. The Bertz CT molecular complexity index is 717. The van der Waals surface area contributed by atoms with Gasteiger partial charge in [0.1, 0.15) is 17.9 Å². The molecule has 2 heterocycles. The molecule has 120 valence electrons. The Labute approximate surface area is 124 Å². The number of hydrogen-bond acceptors (Lipinski definition) is 7. The zero-order valence-corrected chi connectivity index (χ0v) is 12.2. The van der Waals surface area contributed by atoms with Gasteiger partial charge in [-0.25, -0.2) is 19.5 Å². The van der Waals surface area contributed by atoms with Gasteiger partial charge in [-0.1, -0.05) is 0 Å². The van der Waals surface area contributed by atoms with Crippen LogP contribution in [0, 0.1) is 5.92 Å². The summed E-state index contributed by atoms with van der Waals surface area (Å²) in [5.74, 6) is -0.605. The van der Waals surface area contributed by atoms with E-state index in [2.05, 4.69) is 19.5 Å². The van der Waals surface area contributed by atoms with E-state index in [0.29, 0.717) is 11.2 Å². The summed E-state index contributed by atoms with van der Waals surface area (Å²) >= 11 is 0. The van der Waals surface area contributed by atoms with Crippen molar-refractivity contribution in [3.8, 4) is 0 Å².